The molecule has 0 unspecified atom stereocenters. The zero-order chi connectivity index (χ0) is 13.9. The Labute approximate surface area is 112 Å². The molecule has 2 aliphatic heterocycles. The molecule has 2 saturated heterocycles. The van der Waals surface area contributed by atoms with Crippen molar-refractivity contribution in [2.24, 2.45) is 0 Å². The minimum atomic E-state index is -4.49. The fraction of sp³-hybridized carbons (Fsp3) is 1.00. The third-order valence-corrected chi connectivity index (χ3v) is 4.39. The number of piperidine rings is 2. The lowest BCUT2D eigenvalue weighted by Crippen LogP contribution is -2.54. The van der Waals surface area contributed by atoms with Crippen LogP contribution in [0.4, 0.5) is 13.2 Å². The van der Waals surface area contributed by atoms with E-state index in [1.165, 1.54) is 19.3 Å². The highest BCUT2D eigenvalue weighted by molar-refractivity contribution is 4.92. The molecule has 1 N–H and O–H groups in total. The van der Waals surface area contributed by atoms with Crippen LogP contribution >= 0.6 is 0 Å². The van der Waals surface area contributed by atoms with Crippen molar-refractivity contribution in [1.82, 2.24) is 9.80 Å². The van der Waals surface area contributed by atoms with Crippen molar-refractivity contribution >= 4 is 0 Å². The van der Waals surface area contributed by atoms with Gasteiger partial charge in [0.2, 0.25) is 0 Å². The molecule has 0 spiro atoms. The van der Waals surface area contributed by atoms with E-state index in [9.17, 15) is 18.3 Å². The number of halogens is 3. The summed E-state index contributed by atoms with van der Waals surface area (Å²) in [4.78, 5) is 4.42. The van der Waals surface area contributed by atoms with E-state index in [1.807, 2.05) is 4.90 Å². The molecule has 0 amide bonds. The first-order valence-electron chi connectivity index (χ1n) is 7.15. The van der Waals surface area contributed by atoms with Crippen LogP contribution in [0, 0.1) is 0 Å². The van der Waals surface area contributed by atoms with Crippen LogP contribution in [0.1, 0.15) is 32.1 Å². The van der Waals surface area contributed by atoms with Gasteiger partial charge in [-0.05, 0) is 38.8 Å². The molecule has 0 atom stereocenters. The van der Waals surface area contributed by atoms with Crippen LogP contribution in [0.25, 0.3) is 0 Å². The van der Waals surface area contributed by atoms with Gasteiger partial charge >= 0.3 is 6.18 Å². The van der Waals surface area contributed by atoms with Gasteiger partial charge in [-0.1, -0.05) is 6.42 Å². The number of hydrogen-bond acceptors (Lipinski definition) is 3. The summed E-state index contributed by atoms with van der Waals surface area (Å²) in [6, 6.07) is 0. The van der Waals surface area contributed by atoms with Gasteiger partial charge < -0.3 is 14.9 Å². The van der Waals surface area contributed by atoms with Gasteiger partial charge in [0.25, 0.3) is 0 Å². The molecule has 0 saturated carbocycles. The van der Waals surface area contributed by atoms with Crippen molar-refractivity contribution in [3.05, 3.63) is 0 Å². The van der Waals surface area contributed by atoms with Crippen molar-refractivity contribution in [2.75, 3.05) is 39.3 Å². The molecule has 0 aromatic rings. The van der Waals surface area contributed by atoms with Crippen LogP contribution < -0.4 is 0 Å². The van der Waals surface area contributed by atoms with E-state index >= 15 is 0 Å². The smallest absolute Gasteiger partial charge is 0.380 e. The summed E-state index contributed by atoms with van der Waals surface area (Å²) in [6.45, 7) is 4.65. The van der Waals surface area contributed by atoms with Crippen molar-refractivity contribution in [1.29, 1.82) is 0 Å². The van der Waals surface area contributed by atoms with Crippen LogP contribution in [0.2, 0.25) is 0 Å². The standard InChI is InChI=1S/C13H23F3N2O/c14-13(15,16)12(19)4-8-18(9-5-12)11-10-17-6-2-1-3-7-17/h19H,1-11H2. The Kier molecular flexibility index (Phi) is 4.74. The van der Waals surface area contributed by atoms with Gasteiger partial charge in [0.05, 0.1) is 0 Å². The van der Waals surface area contributed by atoms with Crippen molar-refractivity contribution in [3.8, 4) is 0 Å². The summed E-state index contributed by atoms with van der Waals surface area (Å²) in [5, 5.41) is 9.58. The molecule has 2 fully saturated rings. The van der Waals surface area contributed by atoms with Gasteiger partial charge in [0.15, 0.2) is 5.60 Å². The molecule has 2 aliphatic rings. The summed E-state index contributed by atoms with van der Waals surface area (Å²) >= 11 is 0. The van der Waals surface area contributed by atoms with Crippen LogP contribution in [-0.2, 0) is 0 Å². The zero-order valence-electron chi connectivity index (χ0n) is 11.3. The fourth-order valence-corrected chi connectivity index (χ4v) is 2.90. The van der Waals surface area contributed by atoms with Crippen molar-refractivity contribution in [2.45, 2.75) is 43.9 Å². The molecule has 112 valence electrons. The van der Waals surface area contributed by atoms with Gasteiger partial charge in [-0.15, -0.1) is 0 Å². The van der Waals surface area contributed by atoms with Crippen LogP contribution in [0.5, 0.6) is 0 Å². The second-order valence-electron chi connectivity index (χ2n) is 5.77. The molecular weight excluding hydrogens is 257 g/mol. The predicted octanol–water partition coefficient (Wildman–Crippen LogP) is 1.86. The second kappa shape index (κ2) is 5.97. The predicted molar refractivity (Wildman–Crippen MR) is 67.0 cm³/mol. The Morgan fingerprint density at radius 2 is 1.32 bits per heavy atom. The first-order valence-corrected chi connectivity index (χ1v) is 7.15. The minimum absolute atomic E-state index is 0.198. The SMILES string of the molecule is OC1(C(F)(F)F)CCN(CCN2CCCCC2)CC1. The maximum atomic E-state index is 12.7. The number of rotatable bonds is 3. The summed E-state index contributed by atoms with van der Waals surface area (Å²) in [6.07, 6.45) is -1.14. The Balaban J connectivity index is 1.71. The molecule has 0 aromatic heterocycles. The zero-order valence-corrected chi connectivity index (χ0v) is 11.3. The lowest BCUT2D eigenvalue weighted by molar-refractivity contribution is -0.272. The molecule has 2 rings (SSSR count). The van der Waals surface area contributed by atoms with E-state index in [-0.39, 0.29) is 12.8 Å². The molecule has 3 nitrogen and oxygen atoms in total. The quantitative estimate of drug-likeness (QED) is 0.855. The molecule has 19 heavy (non-hydrogen) atoms. The highest BCUT2D eigenvalue weighted by Gasteiger charge is 2.54. The first-order chi connectivity index (χ1) is 8.91. The van der Waals surface area contributed by atoms with Crippen LogP contribution in [0.3, 0.4) is 0 Å². The average molecular weight is 280 g/mol. The van der Waals surface area contributed by atoms with Gasteiger partial charge in [-0.25, -0.2) is 0 Å². The Bertz CT molecular complexity index is 282. The Morgan fingerprint density at radius 3 is 1.79 bits per heavy atom. The number of aliphatic hydroxyl groups is 1. The maximum Gasteiger partial charge on any atom is 0.417 e. The fourth-order valence-electron chi connectivity index (χ4n) is 2.90. The number of likely N-dealkylation sites (tertiary alicyclic amines) is 2. The summed E-state index contributed by atoms with van der Waals surface area (Å²) in [7, 11) is 0. The average Bonchev–Trinajstić information content (AvgIpc) is 2.38. The number of hydrogen-bond donors (Lipinski definition) is 1. The molecule has 0 bridgehead atoms. The van der Waals surface area contributed by atoms with Gasteiger partial charge in [0.1, 0.15) is 0 Å². The van der Waals surface area contributed by atoms with Gasteiger partial charge in [0, 0.05) is 26.2 Å². The topological polar surface area (TPSA) is 26.7 Å². The van der Waals surface area contributed by atoms with E-state index < -0.39 is 11.8 Å². The highest BCUT2D eigenvalue weighted by atomic mass is 19.4. The van der Waals surface area contributed by atoms with Crippen molar-refractivity contribution < 1.29 is 18.3 Å². The number of alkyl halides is 3. The Morgan fingerprint density at radius 1 is 0.842 bits per heavy atom. The van der Waals surface area contributed by atoms with E-state index in [4.69, 9.17) is 0 Å². The van der Waals surface area contributed by atoms with E-state index in [0.29, 0.717) is 13.1 Å². The summed E-state index contributed by atoms with van der Waals surface area (Å²) in [5.74, 6) is 0. The minimum Gasteiger partial charge on any atom is -0.380 e. The molecule has 2 heterocycles. The monoisotopic (exact) mass is 280 g/mol. The first kappa shape index (κ1) is 15.1. The molecule has 0 radical (unpaired) electrons. The third kappa shape index (κ3) is 3.83. The summed E-state index contributed by atoms with van der Waals surface area (Å²) < 4.78 is 38.0. The molecule has 0 aromatic carbocycles. The highest BCUT2D eigenvalue weighted by Crippen LogP contribution is 2.38. The van der Waals surface area contributed by atoms with Gasteiger partial charge in [-0.3, -0.25) is 0 Å². The second-order valence-corrected chi connectivity index (χ2v) is 5.77. The van der Waals surface area contributed by atoms with E-state index in [1.54, 1.807) is 0 Å². The molecule has 0 aliphatic carbocycles. The van der Waals surface area contributed by atoms with Crippen LogP contribution in [0.15, 0.2) is 0 Å². The largest absolute Gasteiger partial charge is 0.417 e. The van der Waals surface area contributed by atoms with Crippen LogP contribution in [-0.4, -0.2) is 66.0 Å². The van der Waals surface area contributed by atoms with Crippen molar-refractivity contribution in [3.63, 3.8) is 0 Å². The lowest BCUT2D eigenvalue weighted by atomic mass is 9.91. The number of nitrogens with zero attached hydrogens (tertiary/aromatic N) is 2. The summed E-state index contributed by atoms with van der Waals surface area (Å²) in [5.41, 5.74) is -2.46. The maximum absolute atomic E-state index is 12.7. The third-order valence-electron chi connectivity index (χ3n) is 4.39. The molecule has 6 heteroatoms. The normalized spacial score (nSPS) is 26.5. The lowest BCUT2D eigenvalue weighted by Gasteiger charge is -2.39. The van der Waals surface area contributed by atoms with E-state index in [2.05, 4.69) is 4.90 Å². The molecular formula is C13H23F3N2O. The van der Waals surface area contributed by atoms with Gasteiger partial charge in [-0.2, -0.15) is 13.2 Å². The van der Waals surface area contributed by atoms with E-state index in [0.717, 1.165) is 26.2 Å². The Hall–Kier alpha value is -0.330.